The van der Waals surface area contributed by atoms with Crippen LogP contribution in [-0.2, 0) is 16.1 Å². The molecule has 0 spiro atoms. The van der Waals surface area contributed by atoms with Crippen molar-refractivity contribution in [1.82, 2.24) is 0 Å². The van der Waals surface area contributed by atoms with E-state index in [0.717, 1.165) is 49.8 Å². The average Bonchev–Trinajstić information content (AvgIpc) is 3.18. The maximum Gasteiger partial charge on any atom is 0.369 e. The molecule has 142 valence electrons. The molecule has 6 nitrogen and oxygen atoms in total. The number of benzene rings is 2. The summed E-state index contributed by atoms with van der Waals surface area (Å²) in [6, 6.07) is 15.9. The van der Waals surface area contributed by atoms with Gasteiger partial charge in [0.25, 0.3) is 0 Å². The van der Waals surface area contributed by atoms with E-state index in [9.17, 15) is 4.79 Å². The van der Waals surface area contributed by atoms with Gasteiger partial charge in [-0.25, -0.2) is 4.79 Å². The summed E-state index contributed by atoms with van der Waals surface area (Å²) in [5.74, 6) is 1.51. The molecule has 1 fully saturated rings. The highest BCUT2D eigenvalue weighted by Gasteiger charge is 2.36. The molecular formula is C21H26N2O4+2. The second-order valence-electron chi connectivity index (χ2n) is 7.14. The van der Waals surface area contributed by atoms with Crippen LogP contribution in [0.5, 0.6) is 11.5 Å². The van der Waals surface area contributed by atoms with Gasteiger partial charge in [0.15, 0.2) is 11.5 Å². The summed E-state index contributed by atoms with van der Waals surface area (Å²) in [5.41, 5.74) is 2.28. The first kappa shape index (κ1) is 17.8. The Balaban J connectivity index is 1.39. The number of hydrogen-bond acceptors (Lipinski definition) is 4. The normalized spacial score (nSPS) is 22.3. The Bertz CT molecular complexity index is 788. The van der Waals surface area contributed by atoms with Crippen LogP contribution in [0.4, 0.5) is 0 Å². The van der Waals surface area contributed by atoms with Gasteiger partial charge in [-0.1, -0.05) is 30.3 Å². The van der Waals surface area contributed by atoms with Gasteiger partial charge in [0.05, 0.1) is 7.11 Å². The molecule has 2 aromatic carbocycles. The van der Waals surface area contributed by atoms with Crippen LogP contribution in [0.3, 0.4) is 0 Å². The third-order valence-corrected chi connectivity index (χ3v) is 5.47. The lowest BCUT2D eigenvalue weighted by atomic mass is 10.0. The van der Waals surface area contributed by atoms with Crippen LogP contribution in [0.15, 0.2) is 48.5 Å². The van der Waals surface area contributed by atoms with Crippen molar-refractivity contribution < 1.29 is 28.8 Å². The van der Waals surface area contributed by atoms with E-state index in [-0.39, 0.29) is 12.0 Å². The first-order chi connectivity index (χ1) is 13.2. The van der Waals surface area contributed by atoms with Crippen LogP contribution in [0.2, 0.25) is 0 Å². The van der Waals surface area contributed by atoms with Gasteiger partial charge in [0.1, 0.15) is 32.7 Å². The van der Waals surface area contributed by atoms with E-state index in [4.69, 9.17) is 14.2 Å². The quantitative estimate of drug-likeness (QED) is 0.705. The van der Waals surface area contributed by atoms with Crippen molar-refractivity contribution in [2.24, 2.45) is 0 Å². The molecule has 0 saturated carbocycles. The average molecular weight is 370 g/mol. The summed E-state index contributed by atoms with van der Waals surface area (Å²) < 4.78 is 16.0. The number of esters is 1. The minimum Gasteiger partial charge on any atom is -0.464 e. The zero-order valence-corrected chi connectivity index (χ0v) is 15.6. The molecule has 27 heavy (non-hydrogen) atoms. The van der Waals surface area contributed by atoms with Gasteiger partial charge in [0, 0.05) is 11.1 Å². The van der Waals surface area contributed by atoms with Gasteiger partial charge in [0.2, 0.25) is 12.8 Å². The van der Waals surface area contributed by atoms with Gasteiger partial charge >= 0.3 is 5.97 Å². The lowest BCUT2D eigenvalue weighted by Crippen LogP contribution is -3.28. The Labute approximate surface area is 159 Å². The Morgan fingerprint density at radius 3 is 2.52 bits per heavy atom. The summed E-state index contributed by atoms with van der Waals surface area (Å²) in [6.07, 6.45) is 0. The molecule has 4 rings (SSSR count). The minimum absolute atomic E-state index is 0.157. The molecule has 2 N–H and O–H groups in total. The number of rotatable bonds is 5. The maximum atomic E-state index is 12.4. The molecule has 1 saturated heterocycles. The number of piperazine rings is 1. The van der Waals surface area contributed by atoms with Crippen LogP contribution >= 0.6 is 0 Å². The summed E-state index contributed by atoms with van der Waals surface area (Å²) in [7, 11) is 1.47. The molecule has 1 atom stereocenters. The van der Waals surface area contributed by atoms with Crippen molar-refractivity contribution in [1.29, 1.82) is 0 Å². The predicted molar refractivity (Wildman–Crippen MR) is 98.9 cm³/mol. The van der Waals surface area contributed by atoms with Crippen LogP contribution in [0.25, 0.3) is 0 Å². The van der Waals surface area contributed by atoms with Crippen molar-refractivity contribution in [2.75, 3.05) is 40.1 Å². The van der Waals surface area contributed by atoms with Gasteiger partial charge in [-0.3, -0.25) is 0 Å². The second kappa shape index (κ2) is 7.98. The van der Waals surface area contributed by atoms with E-state index in [2.05, 4.69) is 12.1 Å². The number of fused-ring (bicyclic) bond motifs is 1. The van der Waals surface area contributed by atoms with E-state index in [0.29, 0.717) is 6.79 Å². The second-order valence-corrected chi connectivity index (χ2v) is 7.14. The number of methoxy groups -OCH3 is 1. The van der Waals surface area contributed by atoms with Crippen LogP contribution in [-0.4, -0.2) is 46.1 Å². The SMILES string of the molecule is COC(=O)[C@@H](c1ccccc1)[NH+]1CC[NH+](Cc2ccc3c(c2)OCO3)CC1. The fourth-order valence-corrected chi connectivity index (χ4v) is 4.03. The Kier molecular flexibility index (Phi) is 5.27. The lowest BCUT2D eigenvalue weighted by molar-refractivity contribution is -1.03. The number of carbonyl (C=O) groups excluding carboxylic acids is 1. The first-order valence-electron chi connectivity index (χ1n) is 9.44. The van der Waals surface area contributed by atoms with Crippen molar-refractivity contribution in [3.8, 4) is 11.5 Å². The molecule has 2 aromatic rings. The molecule has 0 aromatic heterocycles. The highest BCUT2D eigenvalue weighted by Crippen LogP contribution is 2.32. The zero-order valence-electron chi connectivity index (χ0n) is 15.6. The number of ether oxygens (including phenoxy) is 3. The van der Waals surface area contributed by atoms with E-state index in [1.54, 1.807) is 0 Å². The molecule has 0 radical (unpaired) electrons. The number of hydrogen-bond donors (Lipinski definition) is 2. The molecule has 0 bridgehead atoms. The van der Waals surface area contributed by atoms with Gasteiger partial charge < -0.3 is 24.0 Å². The summed E-state index contributed by atoms with van der Waals surface area (Å²) >= 11 is 0. The molecule has 2 aliphatic heterocycles. The monoisotopic (exact) mass is 370 g/mol. The molecule has 0 aliphatic carbocycles. The molecule has 2 heterocycles. The Morgan fingerprint density at radius 1 is 1.04 bits per heavy atom. The molecule has 2 aliphatic rings. The molecule has 6 heteroatoms. The van der Waals surface area contributed by atoms with E-state index in [1.807, 2.05) is 36.4 Å². The van der Waals surface area contributed by atoms with Crippen LogP contribution < -0.4 is 19.3 Å². The van der Waals surface area contributed by atoms with E-state index < -0.39 is 0 Å². The minimum atomic E-state index is -0.247. The highest BCUT2D eigenvalue weighted by molar-refractivity contribution is 5.75. The molecule has 0 amide bonds. The highest BCUT2D eigenvalue weighted by atomic mass is 16.7. The molecular weight excluding hydrogens is 344 g/mol. The van der Waals surface area contributed by atoms with Crippen molar-refractivity contribution in [3.05, 3.63) is 59.7 Å². The van der Waals surface area contributed by atoms with Gasteiger partial charge in [-0.05, 0) is 18.2 Å². The molecule has 0 unspecified atom stereocenters. The fraction of sp³-hybridized carbons (Fsp3) is 0.381. The third kappa shape index (κ3) is 3.91. The smallest absolute Gasteiger partial charge is 0.369 e. The van der Waals surface area contributed by atoms with E-state index in [1.165, 1.54) is 22.5 Å². The predicted octanol–water partition coefficient (Wildman–Crippen LogP) is -0.387. The third-order valence-electron chi connectivity index (χ3n) is 5.47. The zero-order chi connectivity index (χ0) is 18.6. The number of nitrogens with one attached hydrogen (secondary N) is 2. The number of carbonyl (C=O) groups is 1. The summed E-state index contributed by atoms with van der Waals surface area (Å²) in [5, 5.41) is 0. The topological polar surface area (TPSA) is 53.6 Å². The van der Waals surface area contributed by atoms with Crippen molar-refractivity contribution >= 4 is 5.97 Å². The summed E-state index contributed by atoms with van der Waals surface area (Å²) in [4.78, 5) is 15.2. The van der Waals surface area contributed by atoms with Gasteiger partial charge in [-0.2, -0.15) is 0 Å². The van der Waals surface area contributed by atoms with Crippen LogP contribution in [0.1, 0.15) is 17.2 Å². The lowest BCUT2D eigenvalue weighted by Gasteiger charge is -2.33. The maximum absolute atomic E-state index is 12.4. The van der Waals surface area contributed by atoms with Crippen molar-refractivity contribution in [3.63, 3.8) is 0 Å². The van der Waals surface area contributed by atoms with Crippen LogP contribution in [0, 0.1) is 0 Å². The van der Waals surface area contributed by atoms with Gasteiger partial charge in [-0.15, -0.1) is 0 Å². The first-order valence-corrected chi connectivity index (χ1v) is 9.44. The Morgan fingerprint density at radius 2 is 1.78 bits per heavy atom. The standard InChI is InChI=1S/C21H24N2O4/c1-25-21(24)20(17-5-3-2-4-6-17)23-11-9-22(10-12-23)14-16-7-8-18-19(13-16)27-15-26-18/h2-8,13,20H,9-12,14-15H2,1H3/p+2/t20-/m1/s1. The van der Waals surface area contributed by atoms with Crippen molar-refractivity contribution in [2.45, 2.75) is 12.6 Å². The van der Waals surface area contributed by atoms with E-state index >= 15 is 0 Å². The fourth-order valence-electron chi connectivity index (χ4n) is 4.03. The Hall–Kier alpha value is -2.57. The number of quaternary nitrogens is 2. The summed E-state index contributed by atoms with van der Waals surface area (Å²) in [6.45, 7) is 5.18. The largest absolute Gasteiger partial charge is 0.464 e.